The van der Waals surface area contributed by atoms with Crippen LogP contribution in [0.3, 0.4) is 0 Å². The van der Waals surface area contributed by atoms with Gasteiger partial charge < -0.3 is 25.0 Å². The highest BCUT2D eigenvalue weighted by Crippen LogP contribution is 2.47. The van der Waals surface area contributed by atoms with Crippen molar-refractivity contribution in [1.29, 1.82) is 0 Å². The van der Waals surface area contributed by atoms with Crippen LogP contribution in [0.2, 0.25) is 0 Å². The summed E-state index contributed by atoms with van der Waals surface area (Å²) in [4.78, 5) is 48.9. The number of sulfonamides is 1. The molecule has 2 aromatic carbocycles. The van der Waals surface area contributed by atoms with Gasteiger partial charge in [-0.1, -0.05) is 48.5 Å². The number of aromatic nitrogens is 1. The van der Waals surface area contributed by atoms with Crippen LogP contribution in [0.1, 0.15) is 70.3 Å². The van der Waals surface area contributed by atoms with Gasteiger partial charge in [0.15, 0.2) is 0 Å². The number of ether oxygens (including phenoxy) is 2. The van der Waals surface area contributed by atoms with Gasteiger partial charge in [-0.05, 0) is 82.2 Å². The molecule has 3 amide bonds. The van der Waals surface area contributed by atoms with Crippen molar-refractivity contribution in [2.45, 2.75) is 100 Å². The van der Waals surface area contributed by atoms with Crippen molar-refractivity contribution >= 4 is 55.0 Å². The van der Waals surface area contributed by atoms with Crippen LogP contribution in [-0.2, 0) is 24.4 Å². The Morgan fingerprint density at radius 3 is 2.73 bits per heavy atom. The number of hydrogen-bond acceptors (Lipinski definition) is 10. The van der Waals surface area contributed by atoms with Gasteiger partial charge >= 0.3 is 0 Å². The van der Waals surface area contributed by atoms with Gasteiger partial charge in [0.2, 0.25) is 21.8 Å². The Morgan fingerprint density at radius 2 is 1.94 bits per heavy atom. The van der Waals surface area contributed by atoms with E-state index >= 15 is 0 Å². The van der Waals surface area contributed by atoms with Crippen LogP contribution < -0.4 is 24.8 Å². The Balaban J connectivity index is 1.19. The molecule has 2 aliphatic heterocycles. The van der Waals surface area contributed by atoms with Crippen LogP contribution in [0.4, 0.5) is 5.69 Å². The summed E-state index contributed by atoms with van der Waals surface area (Å²) in [5.41, 5.74) is 1.18. The minimum absolute atomic E-state index is 0.136. The number of hydrogen-bond donors (Lipinski definition) is 3. The first-order valence-electron chi connectivity index (χ1n) is 17.7. The summed E-state index contributed by atoms with van der Waals surface area (Å²) in [6.07, 6.45) is 8.60. The van der Waals surface area contributed by atoms with Crippen molar-refractivity contribution in [3.05, 3.63) is 60.2 Å². The molecule has 2 saturated carbocycles. The number of amides is 3. The van der Waals surface area contributed by atoms with Crippen LogP contribution >= 0.6 is 11.3 Å². The van der Waals surface area contributed by atoms with E-state index in [0.717, 1.165) is 41.5 Å². The van der Waals surface area contributed by atoms with Crippen molar-refractivity contribution in [1.82, 2.24) is 19.9 Å². The summed E-state index contributed by atoms with van der Waals surface area (Å²) >= 11 is 1.41. The number of anilines is 1. The van der Waals surface area contributed by atoms with Crippen LogP contribution in [0.5, 0.6) is 10.9 Å². The maximum atomic E-state index is 14.6. The van der Waals surface area contributed by atoms with Crippen molar-refractivity contribution < 1.29 is 32.3 Å². The average molecular weight is 736 g/mol. The molecule has 0 spiro atoms. The highest BCUT2D eigenvalue weighted by atomic mass is 32.2. The normalized spacial score (nSPS) is 27.7. The highest BCUT2D eigenvalue weighted by molar-refractivity contribution is 7.91. The summed E-state index contributed by atoms with van der Waals surface area (Å²) in [7, 11) is -2.35. The van der Waals surface area contributed by atoms with Crippen molar-refractivity contribution in [2.24, 2.45) is 5.92 Å². The molecule has 0 unspecified atom stereocenters. The zero-order chi connectivity index (χ0) is 36.0. The quantitative estimate of drug-likeness (QED) is 0.276. The van der Waals surface area contributed by atoms with E-state index in [1.54, 1.807) is 18.9 Å². The van der Waals surface area contributed by atoms with Gasteiger partial charge in [0.1, 0.15) is 29.5 Å². The first kappa shape index (κ1) is 35.2. The molecule has 4 aliphatic rings. The number of rotatable bonds is 8. The number of carbonyl (C=O) groups is 3. The molecular formula is C37H45N5O7S2. The molecule has 1 saturated heterocycles. The van der Waals surface area contributed by atoms with Crippen molar-refractivity contribution in [3.8, 4) is 10.9 Å². The van der Waals surface area contributed by atoms with Crippen molar-refractivity contribution in [3.63, 3.8) is 0 Å². The molecule has 3 N–H and O–H groups in total. The lowest BCUT2D eigenvalue weighted by molar-refractivity contribution is -0.140. The predicted octanol–water partition coefficient (Wildman–Crippen LogP) is 4.84. The SMILES string of the molecule is COc1cccc(N[C@H]2CCCCCC=C[C@@H]3C[C@@]3(C(=O)NS(=O)(=O)C3(C)CC3)NC(=O)[C@@H]3C[C@@H](Oc4nc5ccc(C)cc5s4)CN3C2=O)c1. The van der Waals surface area contributed by atoms with Gasteiger partial charge in [-0.15, -0.1) is 0 Å². The molecule has 1 aromatic heterocycles. The lowest BCUT2D eigenvalue weighted by atomic mass is 10.0. The van der Waals surface area contributed by atoms with E-state index in [1.807, 2.05) is 61.5 Å². The van der Waals surface area contributed by atoms with E-state index in [2.05, 4.69) is 20.3 Å². The standard InChI is InChI=1S/C37H45N5O7S2/c1-23-14-15-28-31(18-23)50-35(39-28)49-27-20-30-32(43)40-37(34(45)41-51(46,47)36(2)16-17-36)21-24(37)10-7-5-4-6-8-13-29(33(44)42(30)22-27)38-25-11-9-12-26(19-25)48-3/h7,9-12,14-15,18-19,24,27,29-30,38H,4-6,8,13,16-17,20-22H2,1-3H3,(H,40,43)(H,41,45)/t24-,27-,29+,30+,37-/m1/s1. The molecule has 3 fully saturated rings. The highest BCUT2D eigenvalue weighted by Gasteiger charge is 2.63. The molecular weight excluding hydrogens is 691 g/mol. The lowest BCUT2D eigenvalue weighted by Crippen LogP contribution is -2.58. The van der Waals surface area contributed by atoms with Gasteiger partial charge in [-0.3, -0.25) is 19.1 Å². The number of benzene rings is 2. The molecule has 3 heterocycles. The summed E-state index contributed by atoms with van der Waals surface area (Å²) in [6, 6.07) is 11.7. The number of thiazole rings is 1. The monoisotopic (exact) mass is 735 g/mol. The molecule has 0 radical (unpaired) electrons. The second kappa shape index (κ2) is 13.8. The fraction of sp³-hybridized carbons (Fsp3) is 0.514. The first-order valence-corrected chi connectivity index (χ1v) is 20.0. The van der Waals surface area contributed by atoms with E-state index in [4.69, 9.17) is 9.47 Å². The van der Waals surface area contributed by atoms with Gasteiger partial charge in [-0.2, -0.15) is 0 Å². The number of aryl methyl sites for hydroxylation is 1. The molecule has 5 atom stereocenters. The third-order valence-corrected chi connectivity index (χ3v) is 13.7. The van der Waals surface area contributed by atoms with Crippen LogP contribution in [0.25, 0.3) is 10.2 Å². The second-order valence-electron chi connectivity index (χ2n) is 14.6. The third kappa shape index (κ3) is 7.30. The first-order chi connectivity index (χ1) is 24.4. The Kier molecular flexibility index (Phi) is 9.51. The van der Waals surface area contributed by atoms with Gasteiger partial charge in [0, 0.05) is 24.1 Å². The maximum Gasteiger partial charge on any atom is 0.274 e. The molecule has 0 bridgehead atoms. The number of allylic oxidation sites excluding steroid dienone is 1. The average Bonchev–Trinajstić information content (AvgIpc) is 3.91. The predicted molar refractivity (Wildman–Crippen MR) is 195 cm³/mol. The Morgan fingerprint density at radius 1 is 1.12 bits per heavy atom. The van der Waals surface area contributed by atoms with Crippen LogP contribution in [0.15, 0.2) is 54.6 Å². The zero-order valence-corrected chi connectivity index (χ0v) is 30.8. The molecule has 51 heavy (non-hydrogen) atoms. The number of nitrogens with one attached hydrogen (secondary N) is 3. The molecule has 3 aromatic rings. The smallest absolute Gasteiger partial charge is 0.274 e. The maximum absolute atomic E-state index is 14.6. The number of fused-ring (bicyclic) bond motifs is 3. The molecule has 272 valence electrons. The lowest BCUT2D eigenvalue weighted by Gasteiger charge is -2.30. The van der Waals surface area contributed by atoms with Crippen LogP contribution in [0, 0.1) is 12.8 Å². The second-order valence-corrected chi connectivity index (χ2v) is 17.8. The van der Waals surface area contributed by atoms with E-state index in [0.29, 0.717) is 35.9 Å². The summed E-state index contributed by atoms with van der Waals surface area (Å²) in [5, 5.41) is 6.80. The number of carbonyl (C=O) groups excluding carboxylic acids is 3. The third-order valence-electron chi connectivity index (χ3n) is 10.7. The molecule has 7 rings (SSSR count). The van der Waals surface area contributed by atoms with E-state index in [9.17, 15) is 22.8 Å². The Bertz CT molecular complexity index is 1980. The van der Waals surface area contributed by atoms with Gasteiger partial charge in [-0.25, -0.2) is 13.4 Å². The van der Waals surface area contributed by atoms with E-state index in [1.165, 1.54) is 11.3 Å². The molecule has 12 nitrogen and oxygen atoms in total. The minimum atomic E-state index is -3.94. The van der Waals surface area contributed by atoms with E-state index in [-0.39, 0.29) is 31.2 Å². The Labute approximate surface area is 302 Å². The largest absolute Gasteiger partial charge is 0.497 e. The summed E-state index contributed by atoms with van der Waals surface area (Å²) in [5.74, 6) is -1.25. The van der Waals surface area contributed by atoms with Gasteiger partial charge in [0.05, 0.1) is 28.6 Å². The topological polar surface area (TPSA) is 156 Å². The zero-order valence-electron chi connectivity index (χ0n) is 29.1. The van der Waals surface area contributed by atoms with E-state index < -0.39 is 50.3 Å². The van der Waals surface area contributed by atoms with Gasteiger partial charge in [0.25, 0.3) is 11.1 Å². The fourth-order valence-corrected chi connectivity index (χ4v) is 9.36. The Hall–Kier alpha value is -4.17. The van der Waals surface area contributed by atoms with Crippen molar-refractivity contribution in [2.75, 3.05) is 19.0 Å². The fourth-order valence-electron chi connectivity index (χ4n) is 7.06. The van der Waals surface area contributed by atoms with Crippen LogP contribution in [-0.4, -0.2) is 78.2 Å². The number of nitrogens with zero attached hydrogens (tertiary/aromatic N) is 2. The molecule has 2 aliphatic carbocycles. The summed E-state index contributed by atoms with van der Waals surface area (Å²) < 4.78 is 40.3. The number of methoxy groups -OCH3 is 1. The minimum Gasteiger partial charge on any atom is -0.497 e. The molecule has 14 heteroatoms. The summed E-state index contributed by atoms with van der Waals surface area (Å²) in [6.45, 7) is 3.76.